The number of aromatic nitrogens is 1. The first-order valence-corrected chi connectivity index (χ1v) is 8.56. The van der Waals surface area contributed by atoms with Crippen LogP contribution in [-0.2, 0) is 10.0 Å². The zero-order chi connectivity index (χ0) is 14.0. The fraction of sp³-hybridized carbons (Fsp3) is 0.545. The highest BCUT2D eigenvalue weighted by molar-refractivity contribution is 9.10. The van der Waals surface area contributed by atoms with Gasteiger partial charge in [0.15, 0.2) is 0 Å². The van der Waals surface area contributed by atoms with Crippen LogP contribution in [0.2, 0.25) is 5.15 Å². The molecule has 0 amide bonds. The second-order valence-electron chi connectivity index (χ2n) is 4.67. The molecule has 0 saturated carbocycles. The lowest BCUT2D eigenvalue weighted by Crippen LogP contribution is -2.46. The molecule has 1 fully saturated rings. The molecule has 2 rings (SSSR count). The Balaban J connectivity index is 2.20. The van der Waals surface area contributed by atoms with Gasteiger partial charge >= 0.3 is 0 Å². The Morgan fingerprint density at radius 3 is 3.00 bits per heavy atom. The minimum atomic E-state index is -3.64. The summed E-state index contributed by atoms with van der Waals surface area (Å²) in [5, 5.41) is -0.0140. The standard InChI is InChI=1S/C11H15BrClN3O2S/c1-16-4-2-3-9(7-16)15-19(17,18)10-5-8(12)6-14-11(10)13/h5-6,9,15H,2-4,7H2,1H3. The van der Waals surface area contributed by atoms with Gasteiger partial charge in [-0.15, -0.1) is 0 Å². The summed E-state index contributed by atoms with van der Waals surface area (Å²) in [6, 6.07) is 1.38. The minimum Gasteiger partial charge on any atom is -0.305 e. The molecule has 0 bridgehead atoms. The highest BCUT2D eigenvalue weighted by atomic mass is 79.9. The molecular formula is C11H15BrClN3O2S. The second kappa shape index (κ2) is 6.05. The van der Waals surface area contributed by atoms with Gasteiger partial charge < -0.3 is 4.90 Å². The molecule has 0 radical (unpaired) electrons. The monoisotopic (exact) mass is 367 g/mol. The van der Waals surface area contributed by atoms with Crippen molar-refractivity contribution in [3.8, 4) is 0 Å². The number of halogens is 2. The second-order valence-corrected chi connectivity index (χ2v) is 7.62. The van der Waals surface area contributed by atoms with Gasteiger partial charge in [0.1, 0.15) is 10.0 Å². The van der Waals surface area contributed by atoms with E-state index in [1.807, 2.05) is 7.05 Å². The van der Waals surface area contributed by atoms with Crippen LogP contribution >= 0.6 is 27.5 Å². The third-order valence-electron chi connectivity index (χ3n) is 3.01. The van der Waals surface area contributed by atoms with E-state index >= 15 is 0 Å². The first-order chi connectivity index (χ1) is 8.88. The van der Waals surface area contributed by atoms with Crippen LogP contribution in [0.15, 0.2) is 21.6 Å². The highest BCUT2D eigenvalue weighted by Crippen LogP contribution is 2.23. The third-order valence-corrected chi connectivity index (χ3v) is 5.39. The average molecular weight is 369 g/mol. The molecule has 1 unspecified atom stereocenters. The highest BCUT2D eigenvalue weighted by Gasteiger charge is 2.26. The van der Waals surface area contributed by atoms with Crippen molar-refractivity contribution in [1.82, 2.24) is 14.6 Å². The molecule has 1 aliphatic heterocycles. The van der Waals surface area contributed by atoms with Gasteiger partial charge in [-0.1, -0.05) is 11.6 Å². The molecule has 19 heavy (non-hydrogen) atoms. The third kappa shape index (κ3) is 3.88. The molecule has 1 aliphatic rings. The molecule has 0 aromatic carbocycles. The van der Waals surface area contributed by atoms with Gasteiger partial charge in [0.25, 0.3) is 0 Å². The molecule has 0 aliphatic carbocycles. The summed E-state index contributed by atoms with van der Waals surface area (Å²) in [6.07, 6.45) is 3.28. The molecule has 2 heterocycles. The Labute approximate surface area is 126 Å². The summed E-state index contributed by atoms with van der Waals surface area (Å²) in [7, 11) is -1.66. The molecule has 1 aromatic rings. The van der Waals surface area contributed by atoms with Gasteiger partial charge in [-0.25, -0.2) is 18.1 Å². The maximum atomic E-state index is 12.3. The lowest BCUT2D eigenvalue weighted by atomic mass is 10.1. The smallest absolute Gasteiger partial charge is 0.243 e. The lowest BCUT2D eigenvalue weighted by molar-refractivity contribution is 0.242. The topological polar surface area (TPSA) is 62.3 Å². The van der Waals surface area contributed by atoms with Crippen molar-refractivity contribution < 1.29 is 8.42 Å². The molecule has 1 aromatic heterocycles. The van der Waals surface area contributed by atoms with E-state index in [-0.39, 0.29) is 16.1 Å². The summed E-state index contributed by atoms with van der Waals surface area (Å²) < 4.78 is 27.9. The fourth-order valence-corrected chi connectivity index (χ4v) is 4.34. The minimum absolute atomic E-state index is 0.0109. The van der Waals surface area contributed by atoms with Crippen LogP contribution in [0.3, 0.4) is 0 Å². The van der Waals surface area contributed by atoms with Crippen molar-refractivity contribution in [2.45, 2.75) is 23.8 Å². The van der Waals surface area contributed by atoms with Crippen LogP contribution in [0.5, 0.6) is 0 Å². The Kier molecular flexibility index (Phi) is 4.84. The summed E-state index contributed by atoms with van der Waals surface area (Å²) in [4.78, 5) is 5.96. The van der Waals surface area contributed by atoms with Crippen molar-refractivity contribution in [3.63, 3.8) is 0 Å². The maximum Gasteiger partial charge on any atom is 0.243 e. The number of nitrogens with zero attached hydrogens (tertiary/aromatic N) is 2. The Morgan fingerprint density at radius 1 is 1.58 bits per heavy atom. The van der Waals surface area contributed by atoms with Crippen LogP contribution in [0.25, 0.3) is 0 Å². The number of nitrogens with one attached hydrogen (secondary N) is 1. The van der Waals surface area contributed by atoms with E-state index in [0.29, 0.717) is 11.0 Å². The molecule has 8 heteroatoms. The van der Waals surface area contributed by atoms with Gasteiger partial charge in [0.05, 0.1) is 0 Å². The summed E-state index contributed by atoms with van der Waals surface area (Å²) in [6.45, 7) is 1.70. The largest absolute Gasteiger partial charge is 0.305 e. The van der Waals surface area contributed by atoms with Gasteiger partial charge in [-0.05, 0) is 48.4 Å². The number of rotatable bonds is 3. The van der Waals surface area contributed by atoms with E-state index in [9.17, 15) is 8.42 Å². The Bertz CT molecular complexity index is 567. The van der Waals surface area contributed by atoms with Crippen LogP contribution in [-0.4, -0.2) is 44.5 Å². The van der Waals surface area contributed by atoms with Gasteiger partial charge in [-0.2, -0.15) is 0 Å². The van der Waals surface area contributed by atoms with Crippen LogP contribution < -0.4 is 4.72 Å². The zero-order valence-corrected chi connectivity index (χ0v) is 13.6. The number of piperidine rings is 1. The quantitative estimate of drug-likeness (QED) is 0.827. The summed E-state index contributed by atoms with van der Waals surface area (Å²) >= 11 is 9.07. The van der Waals surface area contributed by atoms with Gasteiger partial charge in [0, 0.05) is 23.3 Å². The van der Waals surface area contributed by atoms with Crippen molar-refractivity contribution in [2.24, 2.45) is 0 Å². The molecule has 1 atom stereocenters. The first-order valence-electron chi connectivity index (χ1n) is 5.90. The number of hydrogen-bond acceptors (Lipinski definition) is 4. The molecule has 1 saturated heterocycles. The van der Waals surface area contributed by atoms with Crippen LogP contribution in [0, 0.1) is 0 Å². The maximum absolute atomic E-state index is 12.3. The van der Waals surface area contributed by atoms with E-state index in [1.54, 1.807) is 0 Å². The normalized spacial score (nSPS) is 21.5. The zero-order valence-electron chi connectivity index (χ0n) is 10.4. The van der Waals surface area contributed by atoms with E-state index < -0.39 is 10.0 Å². The van der Waals surface area contributed by atoms with Crippen LogP contribution in [0.4, 0.5) is 0 Å². The van der Waals surface area contributed by atoms with E-state index in [2.05, 4.69) is 30.5 Å². The van der Waals surface area contributed by atoms with Crippen molar-refractivity contribution in [1.29, 1.82) is 0 Å². The van der Waals surface area contributed by atoms with Crippen molar-refractivity contribution in [3.05, 3.63) is 21.9 Å². The van der Waals surface area contributed by atoms with Crippen molar-refractivity contribution in [2.75, 3.05) is 20.1 Å². The SMILES string of the molecule is CN1CCCC(NS(=O)(=O)c2cc(Br)cnc2Cl)C1. The van der Waals surface area contributed by atoms with Gasteiger partial charge in [-0.3, -0.25) is 0 Å². The van der Waals surface area contributed by atoms with E-state index in [0.717, 1.165) is 19.4 Å². The summed E-state index contributed by atoms with van der Waals surface area (Å²) in [5.41, 5.74) is 0. The molecule has 5 nitrogen and oxygen atoms in total. The molecule has 0 spiro atoms. The Morgan fingerprint density at radius 2 is 2.32 bits per heavy atom. The van der Waals surface area contributed by atoms with Crippen molar-refractivity contribution >= 4 is 37.6 Å². The predicted octanol–water partition coefficient (Wildman–Crippen LogP) is 1.87. The first kappa shape index (κ1) is 15.2. The molecular weight excluding hydrogens is 354 g/mol. The summed E-state index contributed by atoms with van der Waals surface area (Å²) in [5.74, 6) is 0. The van der Waals surface area contributed by atoms with Gasteiger partial charge in [0.2, 0.25) is 10.0 Å². The Hall–Kier alpha value is -0.210. The molecule has 106 valence electrons. The van der Waals surface area contributed by atoms with E-state index in [4.69, 9.17) is 11.6 Å². The molecule has 1 N–H and O–H groups in total. The lowest BCUT2D eigenvalue weighted by Gasteiger charge is -2.30. The number of hydrogen-bond donors (Lipinski definition) is 1. The number of pyridine rings is 1. The van der Waals surface area contributed by atoms with Crippen LogP contribution in [0.1, 0.15) is 12.8 Å². The fourth-order valence-electron chi connectivity index (χ4n) is 2.14. The number of sulfonamides is 1. The number of likely N-dealkylation sites (N-methyl/N-ethyl adjacent to an activating group) is 1. The average Bonchev–Trinajstić information content (AvgIpc) is 2.31. The number of likely N-dealkylation sites (tertiary alicyclic amines) is 1. The predicted molar refractivity (Wildman–Crippen MR) is 77.8 cm³/mol. The van der Waals surface area contributed by atoms with E-state index in [1.165, 1.54) is 12.3 Å².